The van der Waals surface area contributed by atoms with Gasteiger partial charge in [-0.3, -0.25) is 5.01 Å². The Morgan fingerprint density at radius 2 is 1.63 bits per heavy atom. The van der Waals surface area contributed by atoms with Crippen molar-refractivity contribution >= 4 is 23.1 Å². The van der Waals surface area contributed by atoms with Crippen molar-refractivity contribution in [2.24, 2.45) is 5.92 Å². The Labute approximate surface area is 158 Å². The highest BCUT2D eigenvalue weighted by molar-refractivity contribution is 5.99. The van der Waals surface area contributed by atoms with E-state index in [1.54, 1.807) is 0 Å². The number of nitrogens with one attached hydrogen (secondary N) is 4. The summed E-state index contributed by atoms with van der Waals surface area (Å²) in [6, 6.07) is 12.7. The highest BCUT2D eigenvalue weighted by atomic mass is 19.1. The van der Waals surface area contributed by atoms with Crippen LogP contribution in [0.1, 0.15) is 26.7 Å². The molecule has 0 radical (unpaired) electrons. The van der Waals surface area contributed by atoms with Crippen LogP contribution in [-0.4, -0.2) is 6.03 Å². The number of carbonyl (C=O) groups is 1. The maximum Gasteiger partial charge on any atom is 0.323 e. The van der Waals surface area contributed by atoms with Crippen LogP contribution in [0.2, 0.25) is 0 Å². The predicted octanol–water partition coefficient (Wildman–Crippen LogP) is 4.58. The van der Waals surface area contributed by atoms with Crippen LogP contribution < -0.4 is 26.6 Å². The number of hydrogen-bond donors (Lipinski definition) is 4. The van der Waals surface area contributed by atoms with Crippen LogP contribution in [-0.2, 0) is 0 Å². The fraction of sp³-hybridized carbons (Fsp3) is 0.250. The monoisotopic (exact) mass is 369 g/mol. The molecule has 27 heavy (non-hydrogen) atoms. The molecule has 2 aromatic carbocycles. The summed E-state index contributed by atoms with van der Waals surface area (Å²) in [6.45, 7) is 4.41. The molecule has 142 valence electrons. The zero-order valence-corrected chi connectivity index (χ0v) is 15.4. The molecular weight excluding hydrogens is 345 g/mol. The molecule has 6 nitrogen and oxygen atoms in total. The SMILES string of the molecule is CC(C)CCC1=CN(c2ccc(NC(=O)Nc3ccc(F)cc3)cc2)NN1. The van der Waals surface area contributed by atoms with Crippen LogP contribution in [0.3, 0.4) is 0 Å². The van der Waals surface area contributed by atoms with E-state index in [-0.39, 0.29) is 11.8 Å². The number of rotatable bonds is 6. The zero-order chi connectivity index (χ0) is 19.2. The molecule has 3 rings (SSSR count). The molecule has 0 aromatic heterocycles. The molecule has 1 aliphatic rings. The first kappa shape index (κ1) is 18.7. The van der Waals surface area contributed by atoms with Gasteiger partial charge in [0, 0.05) is 23.3 Å². The van der Waals surface area contributed by atoms with Gasteiger partial charge in [0.15, 0.2) is 0 Å². The van der Waals surface area contributed by atoms with Gasteiger partial charge >= 0.3 is 6.03 Å². The van der Waals surface area contributed by atoms with E-state index in [0.29, 0.717) is 17.3 Å². The molecule has 0 atom stereocenters. The molecule has 0 spiro atoms. The fourth-order valence-electron chi connectivity index (χ4n) is 2.59. The van der Waals surface area contributed by atoms with Crippen LogP contribution in [0.4, 0.5) is 26.2 Å². The molecule has 7 heteroatoms. The van der Waals surface area contributed by atoms with Crippen LogP contribution in [0, 0.1) is 11.7 Å². The van der Waals surface area contributed by atoms with Crippen LogP contribution in [0.5, 0.6) is 0 Å². The quantitative estimate of drug-likeness (QED) is 0.602. The van der Waals surface area contributed by atoms with Crippen molar-refractivity contribution in [1.29, 1.82) is 0 Å². The van der Waals surface area contributed by atoms with E-state index in [2.05, 4.69) is 35.4 Å². The normalized spacial score (nSPS) is 13.3. The maximum absolute atomic E-state index is 12.9. The Kier molecular flexibility index (Phi) is 5.93. The topological polar surface area (TPSA) is 68.4 Å². The van der Waals surface area contributed by atoms with Gasteiger partial charge in [-0.25, -0.2) is 9.18 Å². The average Bonchev–Trinajstić information content (AvgIpc) is 3.11. The first-order valence-corrected chi connectivity index (χ1v) is 8.95. The second kappa shape index (κ2) is 8.55. The Bertz CT molecular complexity index is 802. The van der Waals surface area contributed by atoms with Crippen molar-refractivity contribution in [3.63, 3.8) is 0 Å². The summed E-state index contributed by atoms with van der Waals surface area (Å²) in [5.41, 5.74) is 9.55. The van der Waals surface area contributed by atoms with Gasteiger partial charge in [0.2, 0.25) is 0 Å². The molecule has 2 aromatic rings. The van der Waals surface area contributed by atoms with Gasteiger partial charge in [0.1, 0.15) is 5.82 Å². The number of carbonyl (C=O) groups excluding carboxylic acids is 1. The highest BCUT2D eigenvalue weighted by Crippen LogP contribution is 2.21. The molecule has 0 saturated heterocycles. The lowest BCUT2D eigenvalue weighted by molar-refractivity contribution is 0.262. The van der Waals surface area contributed by atoms with E-state index in [4.69, 9.17) is 0 Å². The third-order valence-electron chi connectivity index (χ3n) is 4.12. The zero-order valence-electron chi connectivity index (χ0n) is 15.4. The molecule has 1 aliphatic heterocycles. The highest BCUT2D eigenvalue weighted by Gasteiger charge is 2.13. The van der Waals surface area contributed by atoms with Gasteiger partial charge in [-0.2, -0.15) is 0 Å². The number of halogens is 1. The molecule has 0 fully saturated rings. The second-order valence-corrected chi connectivity index (χ2v) is 6.83. The van der Waals surface area contributed by atoms with Gasteiger partial charge in [-0.1, -0.05) is 13.8 Å². The molecule has 4 N–H and O–H groups in total. The van der Waals surface area contributed by atoms with Gasteiger partial charge in [0.05, 0.1) is 5.69 Å². The van der Waals surface area contributed by atoms with Crippen LogP contribution >= 0.6 is 0 Å². The lowest BCUT2D eigenvalue weighted by atomic mass is 10.1. The lowest BCUT2D eigenvalue weighted by Crippen LogP contribution is -2.36. The lowest BCUT2D eigenvalue weighted by Gasteiger charge is -2.15. The van der Waals surface area contributed by atoms with E-state index in [0.717, 1.165) is 24.2 Å². The summed E-state index contributed by atoms with van der Waals surface area (Å²) in [5.74, 6) is 0.316. The van der Waals surface area contributed by atoms with Gasteiger partial charge in [-0.15, -0.1) is 5.53 Å². The van der Waals surface area contributed by atoms with Crippen molar-refractivity contribution in [1.82, 2.24) is 11.0 Å². The number of nitrogens with zero attached hydrogens (tertiary/aromatic N) is 1. The number of hydrogen-bond acceptors (Lipinski definition) is 4. The van der Waals surface area contributed by atoms with Gasteiger partial charge in [-0.05, 0) is 67.3 Å². The van der Waals surface area contributed by atoms with Gasteiger partial charge in [0.25, 0.3) is 0 Å². The largest absolute Gasteiger partial charge is 0.323 e. The Hall–Kier alpha value is -3.06. The van der Waals surface area contributed by atoms with Crippen molar-refractivity contribution in [2.75, 3.05) is 15.6 Å². The standard InChI is InChI=1S/C20H24FN5O/c1-14(2)3-6-18-13-26(25-24-18)19-11-9-17(10-12-19)23-20(27)22-16-7-4-15(21)5-8-16/h4-5,7-14,24-25H,3,6H2,1-2H3,(H2,22,23,27). The van der Waals surface area contributed by atoms with Crippen molar-refractivity contribution in [3.8, 4) is 0 Å². The predicted molar refractivity (Wildman–Crippen MR) is 106 cm³/mol. The van der Waals surface area contributed by atoms with E-state index >= 15 is 0 Å². The summed E-state index contributed by atoms with van der Waals surface area (Å²) < 4.78 is 12.9. The van der Waals surface area contributed by atoms with Crippen molar-refractivity contribution in [3.05, 3.63) is 66.2 Å². The molecule has 1 heterocycles. The summed E-state index contributed by atoms with van der Waals surface area (Å²) in [4.78, 5) is 12.0. The molecule has 2 amide bonds. The average molecular weight is 369 g/mol. The maximum atomic E-state index is 12.9. The summed E-state index contributed by atoms with van der Waals surface area (Å²) >= 11 is 0. The number of allylic oxidation sites excluding steroid dienone is 1. The van der Waals surface area contributed by atoms with E-state index in [9.17, 15) is 9.18 Å². The Balaban J connectivity index is 1.54. The van der Waals surface area contributed by atoms with Crippen molar-refractivity contribution in [2.45, 2.75) is 26.7 Å². The van der Waals surface area contributed by atoms with Crippen molar-refractivity contribution < 1.29 is 9.18 Å². The summed E-state index contributed by atoms with van der Waals surface area (Å²) in [6.07, 6.45) is 4.15. The minimum atomic E-state index is -0.383. The van der Waals surface area contributed by atoms with E-state index in [1.165, 1.54) is 24.3 Å². The number of hydrazine groups is 2. The molecule has 0 aliphatic carbocycles. The number of urea groups is 1. The Morgan fingerprint density at radius 1 is 1.04 bits per heavy atom. The summed E-state index contributed by atoms with van der Waals surface area (Å²) in [7, 11) is 0. The first-order valence-electron chi connectivity index (χ1n) is 8.95. The third-order valence-corrected chi connectivity index (χ3v) is 4.12. The number of amides is 2. The minimum Gasteiger partial charge on any atom is -0.308 e. The van der Waals surface area contributed by atoms with Gasteiger partial charge < -0.3 is 16.1 Å². The number of anilines is 3. The van der Waals surface area contributed by atoms with E-state index in [1.807, 2.05) is 35.5 Å². The number of benzene rings is 2. The molecule has 0 saturated carbocycles. The minimum absolute atomic E-state index is 0.344. The fourth-order valence-corrected chi connectivity index (χ4v) is 2.59. The second-order valence-electron chi connectivity index (χ2n) is 6.83. The van der Waals surface area contributed by atoms with Crippen LogP contribution in [0.15, 0.2) is 60.4 Å². The first-order chi connectivity index (χ1) is 13.0. The third kappa shape index (κ3) is 5.46. The molecular formula is C20H24FN5O. The van der Waals surface area contributed by atoms with E-state index < -0.39 is 0 Å². The smallest absolute Gasteiger partial charge is 0.308 e. The Morgan fingerprint density at radius 3 is 2.22 bits per heavy atom. The molecule has 0 bridgehead atoms. The molecule has 0 unspecified atom stereocenters. The van der Waals surface area contributed by atoms with Crippen LogP contribution in [0.25, 0.3) is 0 Å². The summed E-state index contributed by atoms with van der Waals surface area (Å²) in [5, 5.41) is 7.31.